The predicted molar refractivity (Wildman–Crippen MR) is 159 cm³/mol. The third-order valence-corrected chi connectivity index (χ3v) is 7.58. The second-order valence-corrected chi connectivity index (χ2v) is 10.00. The maximum Gasteiger partial charge on any atom is 0.161 e. The molecule has 200 valence electrons. The number of ether oxygens (including phenoxy) is 3. The summed E-state index contributed by atoms with van der Waals surface area (Å²) in [6.45, 7) is 2.74. The van der Waals surface area contributed by atoms with Gasteiger partial charge in [0.2, 0.25) is 0 Å². The highest BCUT2D eigenvalue weighted by atomic mass is 35.5. The van der Waals surface area contributed by atoms with Crippen LogP contribution in [-0.4, -0.2) is 38.8 Å². The molecular formula is C32H35Cl2NO3. The standard InChI is InChI=1S/C32H34ClNO3.ClH/c1-35-31-21-25-16-18-34(17-5-6-19-37-27-14-12-26(33)13-15-27)30(29(25)22-32(31)36-2)20-24-10-7-9-23-8-3-4-11-28(23)24;/h3-4,7-15,21-22,30H,5-6,16-20H2,1-2H3;1H. The molecule has 0 fully saturated rings. The van der Waals surface area contributed by atoms with Gasteiger partial charge in [-0.25, -0.2) is 0 Å². The van der Waals surface area contributed by atoms with E-state index in [0.29, 0.717) is 6.61 Å². The van der Waals surface area contributed by atoms with Gasteiger partial charge in [0, 0.05) is 17.6 Å². The molecule has 4 nitrogen and oxygen atoms in total. The van der Waals surface area contributed by atoms with Crippen molar-refractivity contribution >= 4 is 34.8 Å². The minimum absolute atomic E-state index is 0. The van der Waals surface area contributed by atoms with Gasteiger partial charge in [-0.15, -0.1) is 12.4 Å². The summed E-state index contributed by atoms with van der Waals surface area (Å²) in [6, 6.07) is 27.5. The van der Waals surface area contributed by atoms with Gasteiger partial charge in [-0.3, -0.25) is 4.90 Å². The summed E-state index contributed by atoms with van der Waals surface area (Å²) >= 11 is 5.98. The Labute approximate surface area is 236 Å². The summed E-state index contributed by atoms with van der Waals surface area (Å²) in [5.74, 6) is 2.46. The number of methoxy groups -OCH3 is 2. The first-order valence-corrected chi connectivity index (χ1v) is 13.4. The quantitative estimate of drug-likeness (QED) is 0.187. The van der Waals surface area contributed by atoms with Gasteiger partial charge in [0.1, 0.15) is 5.75 Å². The molecule has 1 atom stereocenters. The summed E-state index contributed by atoms with van der Waals surface area (Å²) in [5, 5.41) is 3.34. The largest absolute Gasteiger partial charge is 0.494 e. The van der Waals surface area contributed by atoms with Crippen LogP contribution in [0, 0.1) is 0 Å². The summed E-state index contributed by atoms with van der Waals surface area (Å²) in [5.41, 5.74) is 4.07. The normalized spacial score (nSPS) is 15.0. The average Bonchev–Trinajstić information content (AvgIpc) is 2.94. The van der Waals surface area contributed by atoms with Crippen LogP contribution in [0.1, 0.15) is 35.6 Å². The minimum Gasteiger partial charge on any atom is -0.494 e. The molecule has 38 heavy (non-hydrogen) atoms. The fourth-order valence-corrected chi connectivity index (χ4v) is 5.53. The van der Waals surface area contributed by atoms with E-state index in [1.165, 1.54) is 27.5 Å². The predicted octanol–water partition coefficient (Wildman–Crippen LogP) is 7.93. The molecule has 5 rings (SSSR count). The number of rotatable bonds is 10. The fourth-order valence-electron chi connectivity index (χ4n) is 5.40. The van der Waals surface area contributed by atoms with E-state index >= 15 is 0 Å². The number of hydrogen-bond acceptors (Lipinski definition) is 4. The Balaban J connectivity index is 0.00000336. The van der Waals surface area contributed by atoms with Gasteiger partial charge in [0.15, 0.2) is 11.5 Å². The molecule has 1 aliphatic rings. The molecule has 1 aliphatic heterocycles. The highest BCUT2D eigenvalue weighted by Crippen LogP contribution is 2.40. The monoisotopic (exact) mass is 551 g/mol. The Morgan fingerprint density at radius 1 is 0.868 bits per heavy atom. The van der Waals surface area contributed by atoms with E-state index in [1.54, 1.807) is 14.2 Å². The Bertz CT molecular complexity index is 1340. The van der Waals surface area contributed by atoms with Crippen molar-refractivity contribution in [2.45, 2.75) is 31.7 Å². The lowest BCUT2D eigenvalue weighted by Crippen LogP contribution is -2.37. The van der Waals surface area contributed by atoms with Crippen molar-refractivity contribution in [3.8, 4) is 17.2 Å². The van der Waals surface area contributed by atoms with Crippen LogP contribution in [0.3, 0.4) is 0 Å². The molecule has 0 bridgehead atoms. The molecule has 0 aliphatic carbocycles. The van der Waals surface area contributed by atoms with Gasteiger partial charge in [0.05, 0.1) is 20.8 Å². The Morgan fingerprint density at radius 2 is 1.61 bits per heavy atom. The van der Waals surface area contributed by atoms with Gasteiger partial charge < -0.3 is 14.2 Å². The van der Waals surface area contributed by atoms with E-state index in [1.807, 2.05) is 24.3 Å². The third kappa shape index (κ3) is 6.37. The van der Waals surface area contributed by atoms with Crippen molar-refractivity contribution in [1.29, 1.82) is 0 Å². The summed E-state index contributed by atoms with van der Waals surface area (Å²) in [6.07, 6.45) is 4.02. The molecule has 0 amide bonds. The Kier molecular flexibility index (Phi) is 9.79. The van der Waals surface area contributed by atoms with E-state index in [0.717, 1.165) is 61.0 Å². The molecule has 0 N–H and O–H groups in total. The van der Waals surface area contributed by atoms with Crippen molar-refractivity contribution < 1.29 is 14.2 Å². The van der Waals surface area contributed by atoms with Gasteiger partial charge >= 0.3 is 0 Å². The van der Waals surface area contributed by atoms with Gasteiger partial charge in [-0.1, -0.05) is 54.1 Å². The molecule has 0 radical (unpaired) electrons. The van der Waals surface area contributed by atoms with Crippen molar-refractivity contribution in [2.24, 2.45) is 0 Å². The number of nitrogens with zero attached hydrogens (tertiary/aromatic N) is 1. The highest BCUT2D eigenvalue weighted by molar-refractivity contribution is 6.30. The van der Waals surface area contributed by atoms with Gasteiger partial charge in [-0.05, 0) is 96.1 Å². The van der Waals surface area contributed by atoms with Crippen LogP contribution in [0.5, 0.6) is 17.2 Å². The van der Waals surface area contributed by atoms with E-state index in [-0.39, 0.29) is 18.4 Å². The van der Waals surface area contributed by atoms with Crippen LogP contribution < -0.4 is 14.2 Å². The van der Waals surface area contributed by atoms with E-state index in [2.05, 4.69) is 59.5 Å². The summed E-state index contributed by atoms with van der Waals surface area (Å²) in [4.78, 5) is 2.64. The van der Waals surface area contributed by atoms with Crippen LogP contribution in [0.2, 0.25) is 5.02 Å². The van der Waals surface area contributed by atoms with Crippen molar-refractivity contribution in [2.75, 3.05) is 33.9 Å². The lowest BCUT2D eigenvalue weighted by molar-refractivity contribution is 0.174. The van der Waals surface area contributed by atoms with Crippen LogP contribution in [0.4, 0.5) is 0 Å². The molecule has 0 spiro atoms. The lowest BCUT2D eigenvalue weighted by Gasteiger charge is -2.38. The first-order chi connectivity index (χ1) is 18.2. The van der Waals surface area contributed by atoms with Crippen molar-refractivity contribution in [3.05, 3.63) is 101 Å². The zero-order chi connectivity index (χ0) is 25.6. The Hall–Kier alpha value is -2.92. The lowest BCUT2D eigenvalue weighted by atomic mass is 9.87. The molecule has 4 aromatic rings. The SMILES string of the molecule is COc1cc2c(cc1OC)C(Cc1cccc3ccccc13)N(CCCCOc1ccc(Cl)cc1)CC2.Cl. The van der Waals surface area contributed by atoms with Gasteiger partial charge in [-0.2, -0.15) is 0 Å². The topological polar surface area (TPSA) is 30.9 Å². The zero-order valence-electron chi connectivity index (χ0n) is 22.0. The molecule has 1 unspecified atom stereocenters. The Morgan fingerprint density at radius 3 is 2.39 bits per heavy atom. The van der Waals surface area contributed by atoms with Crippen LogP contribution in [-0.2, 0) is 12.8 Å². The highest BCUT2D eigenvalue weighted by Gasteiger charge is 2.29. The van der Waals surface area contributed by atoms with Crippen molar-refractivity contribution in [3.63, 3.8) is 0 Å². The number of fused-ring (bicyclic) bond motifs is 2. The first-order valence-electron chi connectivity index (χ1n) is 13.0. The smallest absolute Gasteiger partial charge is 0.161 e. The number of unbranched alkanes of at least 4 members (excludes halogenated alkanes) is 1. The van der Waals surface area contributed by atoms with E-state index in [4.69, 9.17) is 25.8 Å². The molecular weight excluding hydrogens is 517 g/mol. The second-order valence-electron chi connectivity index (χ2n) is 9.56. The fraction of sp³-hybridized carbons (Fsp3) is 0.312. The molecule has 0 saturated heterocycles. The summed E-state index contributed by atoms with van der Waals surface area (Å²) < 4.78 is 17.2. The molecule has 4 aromatic carbocycles. The first kappa shape index (κ1) is 28.1. The number of hydrogen-bond donors (Lipinski definition) is 0. The molecule has 0 aromatic heterocycles. The maximum absolute atomic E-state index is 5.98. The third-order valence-electron chi connectivity index (χ3n) is 7.33. The average molecular weight is 553 g/mol. The van der Waals surface area contributed by atoms with Crippen molar-refractivity contribution in [1.82, 2.24) is 4.90 Å². The van der Waals surface area contributed by atoms with E-state index in [9.17, 15) is 0 Å². The van der Waals surface area contributed by atoms with Crippen LogP contribution in [0.15, 0.2) is 78.9 Å². The summed E-state index contributed by atoms with van der Waals surface area (Å²) in [7, 11) is 3.42. The minimum atomic E-state index is 0. The number of halogens is 2. The van der Waals surface area contributed by atoms with Crippen LogP contribution >= 0.6 is 24.0 Å². The second kappa shape index (κ2) is 13.2. The van der Waals surface area contributed by atoms with Crippen LogP contribution in [0.25, 0.3) is 10.8 Å². The molecule has 0 saturated carbocycles. The van der Waals surface area contributed by atoms with E-state index < -0.39 is 0 Å². The molecule has 1 heterocycles. The molecule has 6 heteroatoms. The maximum atomic E-state index is 5.98. The zero-order valence-corrected chi connectivity index (χ0v) is 23.6. The number of benzene rings is 4. The van der Waals surface area contributed by atoms with Gasteiger partial charge in [0.25, 0.3) is 0 Å².